The van der Waals surface area contributed by atoms with Crippen molar-refractivity contribution >= 4 is 0 Å². The van der Waals surface area contributed by atoms with E-state index in [1.165, 1.54) is 0 Å². The molecule has 0 bridgehead atoms. The molecule has 0 radical (unpaired) electrons. The lowest BCUT2D eigenvalue weighted by molar-refractivity contribution is -0.224. The monoisotopic (exact) mass is 240 g/mol. The molecule has 4 heteroatoms. The van der Waals surface area contributed by atoms with Crippen LogP contribution in [0.3, 0.4) is 0 Å². The predicted octanol–water partition coefficient (Wildman–Crippen LogP) is 2.04. The van der Waals surface area contributed by atoms with Gasteiger partial charge < -0.3 is 14.6 Å². The van der Waals surface area contributed by atoms with Crippen molar-refractivity contribution in [3.63, 3.8) is 0 Å². The smallest absolute Gasteiger partial charge is 0.189 e. The number of hydrogen-bond donors (Lipinski definition) is 1. The average Bonchev–Trinajstić information content (AvgIpc) is 2.73. The Balaban J connectivity index is 1.75. The third kappa shape index (κ3) is 3.49. The second kappa shape index (κ2) is 5.58. The van der Waals surface area contributed by atoms with Gasteiger partial charge in [-0.3, -0.25) is 0 Å². The highest BCUT2D eigenvalue weighted by atomic mass is 19.1. The zero-order valence-corrected chi connectivity index (χ0v) is 9.64. The van der Waals surface area contributed by atoms with Crippen LogP contribution in [0.15, 0.2) is 30.3 Å². The van der Waals surface area contributed by atoms with Crippen LogP contribution in [0.1, 0.15) is 18.4 Å². The fourth-order valence-electron chi connectivity index (χ4n) is 1.93. The highest BCUT2D eigenvalue weighted by Gasteiger charge is 2.38. The van der Waals surface area contributed by atoms with Gasteiger partial charge in [-0.15, -0.1) is 0 Å². The summed E-state index contributed by atoms with van der Waals surface area (Å²) in [6.45, 7) is -0.0494. The molecular formula is C13H17FO3. The lowest BCUT2D eigenvalue weighted by atomic mass is 10.2. The Bertz CT molecular complexity index is 344. The van der Waals surface area contributed by atoms with E-state index in [4.69, 9.17) is 9.47 Å². The van der Waals surface area contributed by atoms with Gasteiger partial charge >= 0.3 is 0 Å². The molecule has 1 aromatic rings. The quantitative estimate of drug-likeness (QED) is 0.856. The topological polar surface area (TPSA) is 38.7 Å². The van der Waals surface area contributed by atoms with Gasteiger partial charge in [0.25, 0.3) is 0 Å². The molecule has 17 heavy (non-hydrogen) atoms. The van der Waals surface area contributed by atoms with Crippen LogP contribution in [0.2, 0.25) is 0 Å². The maximum absolute atomic E-state index is 12.4. The molecule has 0 saturated carbocycles. The van der Waals surface area contributed by atoms with E-state index in [1.54, 1.807) is 0 Å². The van der Waals surface area contributed by atoms with Crippen LogP contribution in [-0.2, 0) is 16.1 Å². The normalized spacial score (nSPS) is 28.5. The van der Waals surface area contributed by atoms with E-state index in [0.29, 0.717) is 19.4 Å². The molecule has 1 aliphatic rings. The maximum Gasteiger partial charge on any atom is 0.189 e. The summed E-state index contributed by atoms with van der Waals surface area (Å²) in [6, 6.07) is 9.69. The van der Waals surface area contributed by atoms with E-state index < -0.39 is 18.6 Å². The van der Waals surface area contributed by atoms with Gasteiger partial charge in [0.1, 0.15) is 13.3 Å². The first-order valence-electron chi connectivity index (χ1n) is 5.80. The summed E-state index contributed by atoms with van der Waals surface area (Å²) in [7, 11) is 0. The lowest BCUT2D eigenvalue weighted by Crippen LogP contribution is -2.34. The summed E-state index contributed by atoms with van der Waals surface area (Å²) in [5, 5.41) is 9.96. The summed E-state index contributed by atoms with van der Waals surface area (Å²) in [6.07, 6.45) is 0.485. The Morgan fingerprint density at radius 1 is 1.41 bits per heavy atom. The standard InChI is InChI=1S/C13H17FO3/c14-8-12-6-7-13(15,17-12)10-16-9-11-4-2-1-3-5-11/h1-5,12,15H,6-10H2. The zero-order valence-electron chi connectivity index (χ0n) is 9.64. The Kier molecular flexibility index (Phi) is 4.10. The van der Waals surface area contributed by atoms with Crippen LogP contribution < -0.4 is 0 Å². The molecule has 0 aromatic heterocycles. The number of alkyl halides is 1. The molecule has 2 atom stereocenters. The molecule has 2 rings (SSSR count). The van der Waals surface area contributed by atoms with Crippen LogP contribution in [-0.4, -0.2) is 30.3 Å². The number of benzene rings is 1. The maximum atomic E-state index is 12.4. The number of rotatable bonds is 5. The van der Waals surface area contributed by atoms with E-state index in [-0.39, 0.29) is 6.61 Å². The molecule has 1 heterocycles. The van der Waals surface area contributed by atoms with Crippen molar-refractivity contribution in [3.05, 3.63) is 35.9 Å². The van der Waals surface area contributed by atoms with Gasteiger partial charge in [0.15, 0.2) is 5.79 Å². The van der Waals surface area contributed by atoms with Crippen molar-refractivity contribution in [3.8, 4) is 0 Å². The molecule has 0 amide bonds. The summed E-state index contributed by atoms with van der Waals surface area (Å²) in [5.41, 5.74) is 1.04. The summed E-state index contributed by atoms with van der Waals surface area (Å²) in [4.78, 5) is 0. The molecule has 3 nitrogen and oxygen atoms in total. The summed E-state index contributed by atoms with van der Waals surface area (Å²) in [5.74, 6) is -1.31. The van der Waals surface area contributed by atoms with Crippen LogP contribution >= 0.6 is 0 Å². The third-order valence-electron chi connectivity index (χ3n) is 2.85. The molecular weight excluding hydrogens is 223 g/mol. The van der Waals surface area contributed by atoms with E-state index in [9.17, 15) is 9.50 Å². The van der Waals surface area contributed by atoms with Crippen LogP contribution in [0.4, 0.5) is 4.39 Å². The van der Waals surface area contributed by atoms with Gasteiger partial charge in [0, 0.05) is 6.42 Å². The van der Waals surface area contributed by atoms with Gasteiger partial charge in [-0.1, -0.05) is 30.3 Å². The molecule has 0 spiro atoms. The van der Waals surface area contributed by atoms with E-state index in [2.05, 4.69) is 0 Å². The Hall–Kier alpha value is -0.970. The highest BCUT2D eigenvalue weighted by molar-refractivity contribution is 5.13. The van der Waals surface area contributed by atoms with Gasteiger partial charge in [0.05, 0.1) is 12.7 Å². The zero-order chi connectivity index (χ0) is 12.1. The van der Waals surface area contributed by atoms with E-state index >= 15 is 0 Å². The van der Waals surface area contributed by atoms with E-state index in [1.807, 2.05) is 30.3 Å². The molecule has 1 fully saturated rings. The van der Waals surface area contributed by atoms with Crippen LogP contribution in [0.25, 0.3) is 0 Å². The fraction of sp³-hybridized carbons (Fsp3) is 0.538. The van der Waals surface area contributed by atoms with E-state index in [0.717, 1.165) is 5.56 Å². The summed E-state index contributed by atoms with van der Waals surface area (Å²) < 4.78 is 22.9. The number of halogens is 1. The molecule has 1 N–H and O–H groups in total. The van der Waals surface area contributed by atoms with Crippen molar-refractivity contribution in [2.75, 3.05) is 13.3 Å². The minimum Gasteiger partial charge on any atom is -0.371 e. The first-order chi connectivity index (χ1) is 8.22. The minimum absolute atomic E-state index is 0.0817. The average molecular weight is 240 g/mol. The highest BCUT2D eigenvalue weighted by Crippen LogP contribution is 2.28. The Labute approximate surface area is 100 Å². The van der Waals surface area contributed by atoms with Crippen molar-refractivity contribution in [2.24, 2.45) is 0 Å². The SMILES string of the molecule is OC1(COCc2ccccc2)CCC(CF)O1. The lowest BCUT2D eigenvalue weighted by Gasteiger charge is -2.22. The molecule has 2 unspecified atom stereocenters. The Morgan fingerprint density at radius 2 is 2.18 bits per heavy atom. The van der Waals surface area contributed by atoms with Gasteiger partial charge in [-0.05, 0) is 12.0 Å². The third-order valence-corrected chi connectivity index (χ3v) is 2.85. The fourth-order valence-corrected chi connectivity index (χ4v) is 1.93. The van der Waals surface area contributed by atoms with Crippen molar-refractivity contribution in [1.29, 1.82) is 0 Å². The van der Waals surface area contributed by atoms with Gasteiger partial charge in [-0.2, -0.15) is 0 Å². The predicted molar refractivity (Wildman–Crippen MR) is 61.1 cm³/mol. The Morgan fingerprint density at radius 3 is 2.82 bits per heavy atom. The molecule has 1 saturated heterocycles. The number of aliphatic hydroxyl groups is 1. The molecule has 1 aliphatic heterocycles. The number of hydrogen-bond acceptors (Lipinski definition) is 3. The largest absolute Gasteiger partial charge is 0.371 e. The molecule has 1 aromatic carbocycles. The van der Waals surface area contributed by atoms with Gasteiger partial charge in [0.2, 0.25) is 0 Å². The second-order valence-electron chi connectivity index (χ2n) is 4.36. The van der Waals surface area contributed by atoms with Crippen LogP contribution in [0, 0.1) is 0 Å². The minimum atomic E-state index is -1.31. The van der Waals surface area contributed by atoms with Crippen molar-refractivity contribution in [2.45, 2.75) is 31.3 Å². The molecule has 94 valence electrons. The second-order valence-corrected chi connectivity index (χ2v) is 4.36. The first kappa shape index (κ1) is 12.5. The van der Waals surface area contributed by atoms with Gasteiger partial charge in [-0.25, -0.2) is 4.39 Å². The van der Waals surface area contributed by atoms with Crippen molar-refractivity contribution in [1.82, 2.24) is 0 Å². The van der Waals surface area contributed by atoms with Crippen molar-refractivity contribution < 1.29 is 19.0 Å². The van der Waals surface area contributed by atoms with Crippen LogP contribution in [0.5, 0.6) is 0 Å². The molecule has 0 aliphatic carbocycles. The number of ether oxygens (including phenoxy) is 2. The first-order valence-corrected chi connectivity index (χ1v) is 5.80. The summed E-state index contributed by atoms with van der Waals surface area (Å²) >= 11 is 0.